The number of halogens is 1. The van der Waals surface area contributed by atoms with Crippen LogP contribution in [-0.4, -0.2) is 11.4 Å². The zero-order valence-corrected chi connectivity index (χ0v) is 12.8. The van der Waals surface area contributed by atoms with Gasteiger partial charge in [-0.25, -0.2) is 0 Å². The van der Waals surface area contributed by atoms with Crippen molar-refractivity contribution in [2.45, 2.75) is 37.8 Å². The van der Waals surface area contributed by atoms with E-state index in [2.05, 4.69) is 29.6 Å². The van der Waals surface area contributed by atoms with Crippen molar-refractivity contribution < 1.29 is 4.79 Å². The van der Waals surface area contributed by atoms with Crippen molar-refractivity contribution in [3.63, 3.8) is 0 Å². The van der Waals surface area contributed by atoms with Gasteiger partial charge in [0, 0.05) is 6.54 Å². The zero-order chi connectivity index (χ0) is 14.0. The lowest BCUT2D eigenvalue weighted by molar-refractivity contribution is -0.126. The number of benzene rings is 2. The highest BCUT2D eigenvalue weighted by Crippen LogP contribution is 2.27. The monoisotopic (exact) mass is 304 g/mol. The largest absolute Gasteiger partial charge is 0.350 e. The fourth-order valence-corrected chi connectivity index (χ4v) is 3.03. The van der Waals surface area contributed by atoms with Gasteiger partial charge in [0.05, 0.1) is 5.54 Å². The van der Waals surface area contributed by atoms with E-state index < -0.39 is 5.54 Å². The standard InChI is InChI=1S/C17H20N2O.ClH/c18-17(10-3-4-11-17)16(20)19-12-14-8-5-7-13-6-1-2-9-15(13)14;/h1-2,5-9H,3-4,10-12,18H2,(H,19,20);1H. The zero-order valence-electron chi connectivity index (χ0n) is 12.0. The van der Waals surface area contributed by atoms with Gasteiger partial charge in [0.2, 0.25) is 5.91 Å². The summed E-state index contributed by atoms with van der Waals surface area (Å²) in [6.45, 7) is 0.541. The topological polar surface area (TPSA) is 55.1 Å². The number of fused-ring (bicyclic) bond motifs is 1. The van der Waals surface area contributed by atoms with E-state index >= 15 is 0 Å². The van der Waals surface area contributed by atoms with Crippen molar-refractivity contribution in [2.75, 3.05) is 0 Å². The maximum absolute atomic E-state index is 12.2. The maximum Gasteiger partial charge on any atom is 0.240 e. The van der Waals surface area contributed by atoms with E-state index in [0.29, 0.717) is 6.54 Å². The highest BCUT2D eigenvalue weighted by atomic mass is 35.5. The first-order valence-corrected chi connectivity index (χ1v) is 7.23. The lowest BCUT2D eigenvalue weighted by Gasteiger charge is -2.22. The summed E-state index contributed by atoms with van der Waals surface area (Å²) in [4.78, 5) is 12.2. The molecule has 21 heavy (non-hydrogen) atoms. The molecule has 0 bridgehead atoms. The second-order valence-corrected chi connectivity index (χ2v) is 5.68. The molecule has 4 heteroatoms. The quantitative estimate of drug-likeness (QED) is 0.915. The van der Waals surface area contributed by atoms with Gasteiger partial charge in [-0.05, 0) is 29.2 Å². The molecule has 2 aromatic rings. The number of carbonyl (C=O) groups excluding carboxylic acids is 1. The van der Waals surface area contributed by atoms with Gasteiger partial charge in [-0.15, -0.1) is 12.4 Å². The Balaban J connectivity index is 0.00000161. The van der Waals surface area contributed by atoms with Crippen LogP contribution in [0.4, 0.5) is 0 Å². The maximum atomic E-state index is 12.2. The second-order valence-electron chi connectivity index (χ2n) is 5.68. The van der Waals surface area contributed by atoms with E-state index in [1.54, 1.807) is 0 Å². The molecule has 0 atom stereocenters. The van der Waals surface area contributed by atoms with Crippen LogP contribution in [0.5, 0.6) is 0 Å². The Kier molecular flexibility index (Phi) is 4.86. The summed E-state index contributed by atoms with van der Waals surface area (Å²) in [5, 5.41) is 5.39. The smallest absolute Gasteiger partial charge is 0.240 e. The fourth-order valence-electron chi connectivity index (χ4n) is 3.03. The van der Waals surface area contributed by atoms with E-state index in [-0.39, 0.29) is 18.3 Å². The number of nitrogens with two attached hydrogens (primary N) is 1. The second kappa shape index (κ2) is 6.46. The normalized spacial score (nSPS) is 16.4. The SMILES string of the molecule is Cl.NC1(C(=O)NCc2cccc3ccccc23)CCCC1. The Hall–Kier alpha value is -1.58. The first-order valence-electron chi connectivity index (χ1n) is 7.23. The molecule has 0 spiro atoms. The number of carbonyl (C=O) groups is 1. The van der Waals surface area contributed by atoms with Crippen LogP contribution < -0.4 is 11.1 Å². The molecule has 0 radical (unpaired) electrons. The molecule has 0 saturated heterocycles. The van der Waals surface area contributed by atoms with E-state index in [1.807, 2.05) is 18.2 Å². The molecule has 0 aliphatic heterocycles. The number of hydrogen-bond donors (Lipinski definition) is 2. The molecule has 2 aromatic carbocycles. The first-order chi connectivity index (χ1) is 9.69. The molecule has 1 fully saturated rings. The summed E-state index contributed by atoms with van der Waals surface area (Å²) < 4.78 is 0. The minimum absolute atomic E-state index is 0. The fraction of sp³-hybridized carbons (Fsp3) is 0.353. The molecule has 3 N–H and O–H groups in total. The Morgan fingerprint density at radius 3 is 2.52 bits per heavy atom. The van der Waals surface area contributed by atoms with E-state index in [9.17, 15) is 4.79 Å². The molecule has 1 saturated carbocycles. The van der Waals surface area contributed by atoms with Gasteiger partial charge in [0.15, 0.2) is 0 Å². The Bertz CT molecular complexity index is 630. The molecule has 1 amide bonds. The molecular weight excluding hydrogens is 284 g/mol. The highest BCUT2D eigenvalue weighted by molar-refractivity contribution is 5.88. The molecule has 1 aliphatic carbocycles. The number of amides is 1. The molecule has 112 valence electrons. The summed E-state index contributed by atoms with van der Waals surface area (Å²) in [7, 11) is 0. The third kappa shape index (κ3) is 3.20. The molecule has 0 unspecified atom stereocenters. The number of nitrogens with one attached hydrogen (secondary N) is 1. The van der Waals surface area contributed by atoms with Crippen molar-refractivity contribution in [1.29, 1.82) is 0 Å². The lowest BCUT2D eigenvalue weighted by Crippen LogP contribution is -2.51. The summed E-state index contributed by atoms with van der Waals surface area (Å²) >= 11 is 0. The predicted octanol–water partition coefficient (Wildman–Crippen LogP) is 3.15. The van der Waals surface area contributed by atoms with Gasteiger partial charge in [-0.3, -0.25) is 4.79 Å². The third-order valence-electron chi connectivity index (χ3n) is 4.27. The summed E-state index contributed by atoms with van der Waals surface area (Å²) in [5.74, 6) is -0.0112. The third-order valence-corrected chi connectivity index (χ3v) is 4.27. The van der Waals surface area contributed by atoms with Gasteiger partial charge in [0.1, 0.15) is 0 Å². The van der Waals surface area contributed by atoms with Gasteiger partial charge < -0.3 is 11.1 Å². The van der Waals surface area contributed by atoms with Crippen molar-refractivity contribution >= 4 is 29.1 Å². The molecule has 0 aromatic heterocycles. The Labute approximate surface area is 131 Å². The van der Waals surface area contributed by atoms with E-state index in [0.717, 1.165) is 31.2 Å². The van der Waals surface area contributed by atoms with Crippen LogP contribution >= 0.6 is 12.4 Å². The van der Waals surface area contributed by atoms with Crippen LogP contribution in [0.15, 0.2) is 42.5 Å². The van der Waals surface area contributed by atoms with Gasteiger partial charge in [0.25, 0.3) is 0 Å². The molecule has 3 rings (SSSR count). The average molecular weight is 305 g/mol. The molecule has 3 nitrogen and oxygen atoms in total. The Morgan fingerprint density at radius 1 is 1.10 bits per heavy atom. The summed E-state index contributed by atoms with van der Waals surface area (Å²) in [6, 6.07) is 14.4. The van der Waals surface area contributed by atoms with Crippen molar-refractivity contribution in [3.05, 3.63) is 48.0 Å². The molecule has 1 aliphatic rings. The van der Waals surface area contributed by atoms with Gasteiger partial charge >= 0.3 is 0 Å². The van der Waals surface area contributed by atoms with Gasteiger partial charge in [-0.1, -0.05) is 55.3 Å². The van der Waals surface area contributed by atoms with E-state index in [1.165, 1.54) is 10.8 Å². The Morgan fingerprint density at radius 2 is 1.76 bits per heavy atom. The van der Waals surface area contributed by atoms with Crippen molar-refractivity contribution in [3.8, 4) is 0 Å². The van der Waals surface area contributed by atoms with Crippen LogP contribution in [0.1, 0.15) is 31.2 Å². The number of rotatable bonds is 3. The number of hydrogen-bond acceptors (Lipinski definition) is 2. The lowest BCUT2D eigenvalue weighted by atomic mass is 9.97. The van der Waals surface area contributed by atoms with Crippen LogP contribution in [0.25, 0.3) is 10.8 Å². The summed E-state index contributed by atoms with van der Waals surface area (Å²) in [6.07, 6.45) is 3.71. The van der Waals surface area contributed by atoms with Crippen LogP contribution in [0, 0.1) is 0 Å². The molecular formula is C17H21ClN2O. The first kappa shape index (κ1) is 15.8. The molecule has 0 heterocycles. The van der Waals surface area contributed by atoms with E-state index in [4.69, 9.17) is 5.73 Å². The minimum atomic E-state index is -0.648. The van der Waals surface area contributed by atoms with Gasteiger partial charge in [-0.2, -0.15) is 0 Å². The summed E-state index contributed by atoms with van der Waals surface area (Å²) in [5.41, 5.74) is 6.66. The van der Waals surface area contributed by atoms with Crippen LogP contribution in [0.2, 0.25) is 0 Å². The van der Waals surface area contributed by atoms with Crippen LogP contribution in [0.3, 0.4) is 0 Å². The minimum Gasteiger partial charge on any atom is -0.350 e. The van der Waals surface area contributed by atoms with Crippen LogP contribution in [-0.2, 0) is 11.3 Å². The van der Waals surface area contributed by atoms with Crippen molar-refractivity contribution in [2.24, 2.45) is 5.73 Å². The predicted molar refractivity (Wildman–Crippen MR) is 88.4 cm³/mol. The van der Waals surface area contributed by atoms with Crippen molar-refractivity contribution in [1.82, 2.24) is 5.32 Å². The highest BCUT2D eigenvalue weighted by Gasteiger charge is 2.36. The average Bonchev–Trinajstić information content (AvgIpc) is 2.93.